The Balaban J connectivity index is 2.12. The summed E-state index contributed by atoms with van der Waals surface area (Å²) in [6, 6.07) is 13.5. The summed E-state index contributed by atoms with van der Waals surface area (Å²) in [7, 11) is 0. The number of rotatable bonds is 4. The van der Waals surface area contributed by atoms with Crippen molar-refractivity contribution in [3.63, 3.8) is 0 Å². The van der Waals surface area contributed by atoms with E-state index in [0.29, 0.717) is 12.2 Å². The lowest BCUT2D eigenvalue weighted by Gasteiger charge is -2.09. The van der Waals surface area contributed by atoms with E-state index in [0.717, 1.165) is 11.1 Å². The van der Waals surface area contributed by atoms with Gasteiger partial charge in [0.15, 0.2) is 0 Å². The highest BCUT2D eigenvalue weighted by atomic mass is 19.1. The molecule has 0 fully saturated rings. The van der Waals surface area contributed by atoms with Crippen LogP contribution < -0.4 is 5.32 Å². The zero-order valence-corrected chi connectivity index (χ0v) is 10.2. The van der Waals surface area contributed by atoms with Gasteiger partial charge in [0.1, 0.15) is 11.9 Å². The van der Waals surface area contributed by atoms with Gasteiger partial charge in [-0.2, -0.15) is 5.26 Å². The van der Waals surface area contributed by atoms with Crippen LogP contribution >= 0.6 is 0 Å². The molecule has 0 aromatic heterocycles. The van der Waals surface area contributed by atoms with Gasteiger partial charge < -0.3 is 10.4 Å². The Morgan fingerprint density at radius 3 is 2.68 bits per heavy atom. The van der Waals surface area contributed by atoms with E-state index < -0.39 is 5.82 Å². The molecule has 3 nitrogen and oxygen atoms in total. The van der Waals surface area contributed by atoms with Gasteiger partial charge in [-0.25, -0.2) is 4.39 Å². The van der Waals surface area contributed by atoms with E-state index in [-0.39, 0.29) is 12.2 Å². The fourth-order valence-electron chi connectivity index (χ4n) is 1.80. The lowest BCUT2D eigenvalue weighted by molar-refractivity contribution is 0.281. The van der Waals surface area contributed by atoms with Crippen LogP contribution in [0.1, 0.15) is 16.7 Å². The van der Waals surface area contributed by atoms with Crippen molar-refractivity contribution >= 4 is 5.69 Å². The number of hydrogen-bond acceptors (Lipinski definition) is 3. The zero-order valence-electron chi connectivity index (χ0n) is 10.2. The molecule has 0 bridgehead atoms. The third-order valence-corrected chi connectivity index (χ3v) is 2.76. The lowest BCUT2D eigenvalue weighted by atomic mass is 10.1. The predicted octanol–water partition coefficient (Wildman–Crippen LogP) is 2.80. The number of aliphatic hydroxyl groups excluding tert-OH is 1. The van der Waals surface area contributed by atoms with Gasteiger partial charge in [0.2, 0.25) is 0 Å². The minimum absolute atomic E-state index is 0.00612. The van der Waals surface area contributed by atoms with E-state index in [1.807, 2.05) is 30.3 Å². The first kappa shape index (κ1) is 13.1. The Bertz CT molecular complexity index is 620. The van der Waals surface area contributed by atoms with Gasteiger partial charge in [0, 0.05) is 6.54 Å². The van der Waals surface area contributed by atoms with Crippen LogP contribution in [0.3, 0.4) is 0 Å². The third kappa shape index (κ3) is 3.30. The largest absolute Gasteiger partial charge is 0.392 e. The molecular weight excluding hydrogens is 243 g/mol. The molecule has 0 saturated carbocycles. The van der Waals surface area contributed by atoms with E-state index in [2.05, 4.69) is 5.32 Å². The highest BCUT2D eigenvalue weighted by Crippen LogP contribution is 2.17. The number of hydrogen-bond donors (Lipinski definition) is 2. The minimum atomic E-state index is -0.427. The molecule has 0 spiro atoms. The average molecular weight is 256 g/mol. The number of halogens is 1. The molecule has 19 heavy (non-hydrogen) atoms. The van der Waals surface area contributed by atoms with Crippen molar-refractivity contribution in [1.29, 1.82) is 5.26 Å². The Labute approximate surface area is 110 Å². The number of nitriles is 1. The first-order valence-electron chi connectivity index (χ1n) is 5.85. The molecule has 2 aromatic carbocycles. The van der Waals surface area contributed by atoms with Gasteiger partial charge in [0.25, 0.3) is 0 Å². The molecule has 0 aliphatic heterocycles. The van der Waals surface area contributed by atoms with Gasteiger partial charge in [-0.1, -0.05) is 24.3 Å². The molecule has 0 saturated heterocycles. The Morgan fingerprint density at radius 2 is 1.95 bits per heavy atom. The van der Waals surface area contributed by atoms with Crippen LogP contribution in [-0.4, -0.2) is 5.11 Å². The maximum absolute atomic E-state index is 13.0. The molecule has 2 N–H and O–H groups in total. The number of anilines is 1. The van der Waals surface area contributed by atoms with E-state index in [9.17, 15) is 4.39 Å². The molecule has 0 aliphatic carbocycles. The Morgan fingerprint density at radius 1 is 1.16 bits per heavy atom. The molecule has 0 aliphatic rings. The van der Waals surface area contributed by atoms with Crippen LogP contribution in [0.2, 0.25) is 0 Å². The van der Waals surface area contributed by atoms with Crippen molar-refractivity contribution < 1.29 is 9.50 Å². The van der Waals surface area contributed by atoms with Crippen molar-refractivity contribution in [2.24, 2.45) is 0 Å². The monoisotopic (exact) mass is 256 g/mol. The highest BCUT2D eigenvalue weighted by molar-refractivity contribution is 5.57. The number of nitrogens with zero attached hydrogens (tertiary/aromatic N) is 1. The molecular formula is C15H13FN2O. The van der Waals surface area contributed by atoms with Crippen LogP contribution in [0.25, 0.3) is 0 Å². The second-order valence-electron chi connectivity index (χ2n) is 4.13. The van der Waals surface area contributed by atoms with Gasteiger partial charge in [-0.05, 0) is 29.3 Å². The summed E-state index contributed by atoms with van der Waals surface area (Å²) >= 11 is 0. The average Bonchev–Trinajstić information content (AvgIpc) is 2.46. The molecule has 0 unspecified atom stereocenters. The van der Waals surface area contributed by atoms with Crippen LogP contribution in [0, 0.1) is 17.1 Å². The van der Waals surface area contributed by atoms with Crippen molar-refractivity contribution in [2.75, 3.05) is 5.32 Å². The van der Waals surface area contributed by atoms with Gasteiger partial charge in [-0.3, -0.25) is 0 Å². The van der Waals surface area contributed by atoms with Gasteiger partial charge in [-0.15, -0.1) is 0 Å². The van der Waals surface area contributed by atoms with E-state index >= 15 is 0 Å². The standard InChI is InChI=1S/C15H13FN2O/c16-14-4-5-15(13(7-14)8-17)18-9-11-2-1-3-12(6-11)10-19/h1-7,18-19H,9-10H2. The summed E-state index contributed by atoms with van der Waals surface area (Å²) in [5, 5.41) is 21.1. The molecule has 0 atom stereocenters. The van der Waals surface area contributed by atoms with Crippen LogP contribution in [0.15, 0.2) is 42.5 Å². The summed E-state index contributed by atoms with van der Waals surface area (Å²) in [6.45, 7) is 0.502. The second kappa shape index (κ2) is 5.98. The normalized spacial score (nSPS) is 9.95. The molecule has 2 rings (SSSR count). The predicted molar refractivity (Wildman–Crippen MR) is 70.8 cm³/mol. The molecule has 0 amide bonds. The van der Waals surface area contributed by atoms with Crippen LogP contribution in [0.5, 0.6) is 0 Å². The fourth-order valence-corrected chi connectivity index (χ4v) is 1.80. The summed E-state index contributed by atoms with van der Waals surface area (Å²) < 4.78 is 13.0. The first-order valence-corrected chi connectivity index (χ1v) is 5.85. The van der Waals surface area contributed by atoms with E-state index in [1.54, 1.807) is 6.07 Å². The zero-order chi connectivity index (χ0) is 13.7. The first-order chi connectivity index (χ1) is 9.22. The van der Waals surface area contributed by atoms with E-state index in [4.69, 9.17) is 10.4 Å². The molecule has 96 valence electrons. The second-order valence-corrected chi connectivity index (χ2v) is 4.13. The van der Waals surface area contributed by atoms with Gasteiger partial charge >= 0.3 is 0 Å². The molecule has 4 heteroatoms. The van der Waals surface area contributed by atoms with Crippen LogP contribution in [0.4, 0.5) is 10.1 Å². The quantitative estimate of drug-likeness (QED) is 0.884. The maximum Gasteiger partial charge on any atom is 0.124 e. The molecule has 0 radical (unpaired) electrons. The van der Waals surface area contributed by atoms with Crippen molar-refractivity contribution in [3.05, 3.63) is 65.0 Å². The Hall–Kier alpha value is -2.38. The van der Waals surface area contributed by atoms with Crippen LogP contribution in [-0.2, 0) is 13.2 Å². The number of aliphatic hydroxyl groups is 1. The van der Waals surface area contributed by atoms with E-state index in [1.165, 1.54) is 12.1 Å². The van der Waals surface area contributed by atoms with Crippen molar-refractivity contribution in [3.8, 4) is 6.07 Å². The summed E-state index contributed by atoms with van der Waals surface area (Å²) in [6.07, 6.45) is 0. The number of nitrogens with one attached hydrogen (secondary N) is 1. The SMILES string of the molecule is N#Cc1cc(F)ccc1NCc1cccc(CO)c1. The fraction of sp³-hybridized carbons (Fsp3) is 0.133. The smallest absolute Gasteiger partial charge is 0.124 e. The summed E-state index contributed by atoms with van der Waals surface area (Å²) in [5.41, 5.74) is 2.69. The van der Waals surface area contributed by atoms with Crippen molar-refractivity contribution in [1.82, 2.24) is 0 Å². The maximum atomic E-state index is 13.0. The lowest BCUT2D eigenvalue weighted by Crippen LogP contribution is -2.02. The summed E-state index contributed by atoms with van der Waals surface area (Å²) in [4.78, 5) is 0. The summed E-state index contributed by atoms with van der Waals surface area (Å²) in [5.74, 6) is -0.427. The van der Waals surface area contributed by atoms with Gasteiger partial charge in [0.05, 0.1) is 17.9 Å². The molecule has 0 heterocycles. The third-order valence-electron chi connectivity index (χ3n) is 2.76. The topological polar surface area (TPSA) is 56.0 Å². The minimum Gasteiger partial charge on any atom is -0.392 e. The highest BCUT2D eigenvalue weighted by Gasteiger charge is 2.03. The molecule has 2 aromatic rings. The Kier molecular flexibility index (Phi) is 4.11. The van der Waals surface area contributed by atoms with Crippen molar-refractivity contribution in [2.45, 2.75) is 13.2 Å². The number of benzene rings is 2.